The first-order valence-electron chi connectivity index (χ1n) is 20.0. The second-order valence-electron chi connectivity index (χ2n) is 14.7. The van der Waals surface area contributed by atoms with E-state index in [1.54, 1.807) is 36.4 Å². The third-order valence-corrected chi connectivity index (χ3v) is 10.6. The van der Waals surface area contributed by atoms with E-state index >= 15 is 4.39 Å². The van der Waals surface area contributed by atoms with Crippen LogP contribution in [0, 0.1) is 25.5 Å². The Balaban J connectivity index is 1.24. The maximum Gasteiger partial charge on any atom is 0.128 e. The van der Waals surface area contributed by atoms with Crippen molar-refractivity contribution in [1.82, 2.24) is 0 Å². The Morgan fingerprint density at radius 1 is 0.450 bits per heavy atom. The monoisotopic (exact) mass is 818 g/mol. The standard InChI is InChI=1S/C50H52F2O8/c1-34-39(21-13-25-44(34)56-29-36-15-5-3-6-16-36)31-59-47(28-53)48(54)49(55)50(60-32-40-22-14-26-45(35(40)2)57-30-37-17-7-4-8-18-37)46(27-38-19-9-11-23-42(38)51)58-33-41-20-10-12-24-43(41)52/h3-26,46-50,53-55H,27-33H2,1-2H3/t46?,47-,48-,49+,50-/m1/s1. The van der Waals surface area contributed by atoms with E-state index < -0.39 is 48.8 Å². The van der Waals surface area contributed by atoms with Gasteiger partial charge in [-0.2, -0.15) is 0 Å². The Morgan fingerprint density at radius 2 is 0.883 bits per heavy atom. The van der Waals surface area contributed by atoms with E-state index in [1.165, 1.54) is 12.1 Å². The second-order valence-corrected chi connectivity index (χ2v) is 14.7. The fraction of sp³-hybridized carbons (Fsp3) is 0.280. The van der Waals surface area contributed by atoms with Crippen molar-refractivity contribution in [2.45, 2.75) is 83.8 Å². The Labute approximate surface area is 350 Å². The first kappa shape index (κ1) is 44.1. The molecule has 0 aromatic heterocycles. The highest BCUT2D eigenvalue weighted by Gasteiger charge is 2.39. The molecule has 6 aromatic rings. The summed E-state index contributed by atoms with van der Waals surface area (Å²) in [6, 6.07) is 42.9. The molecule has 8 nitrogen and oxygen atoms in total. The molecule has 0 saturated carbocycles. The van der Waals surface area contributed by atoms with Gasteiger partial charge in [0.15, 0.2) is 0 Å². The number of ether oxygens (including phenoxy) is 5. The maximum atomic E-state index is 15.2. The van der Waals surface area contributed by atoms with Gasteiger partial charge in [-0.15, -0.1) is 0 Å². The average molecular weight is 819 g/mol. The van der Waals surface area contributed by atoms with E-state index in [1.807, 2.05) is 111 Å². The number of aliphatic hydroxyl groups excluding tert-OH is 3. The van der Waals surface area contributed by atoms with Crippen LogP contribution >= 0.6 is 0 Å². The zero-order valence-electron chi connectivity index (χ0n) is 33.8. The van der Waals surface area contributed by atoms with E-state index in [2.05, 4.69) is 0 Å². The lowest BCUT2D eigenvalue weighted by Gasteiger charge is -2.36. The lowest BCUT2D eigenvalue weighted by molar-refractivity contribution is -0.185. The fourth-order valence-corrected chi connectivity index (χ4v) is 6.86. The zero-order chi connectivity index (χ0) is 42.3. The summed E-state index contributed by atoms with van der Waals surface area (Å²) < 4.78 is 61.3. The topological polar surface area (TPSA) is 107 Å². The van der Waals surface area contributed by atoms with Crippen LogP contribution in [0.2, 0.25) is 0 Å². The minimum atomic E-state index is -1.74. The molecule has 0 heterocycles. The molecular weight excluding hydrogens is 767 g/mol. The summed E-state index contributed by atoms with van der Waals surface area (Å²) in [6.07, 6.45) is -7.29. The van der Waals surface area contributed by atoms with Gasteiger partial charge in [0, 0.05) is 12.0 Å². The first-order chi connectivity index (χ1) is 29.2. The molecular formula is C50H52F2O8. The van der Waals surface area contributed by atoms with Gasteiger partial charge in [0.1, 0.15) is 60.8 Å². The smallest absolute Gasteiger partial charge is 0.128 e. The van der Waals surface area contributed by atoms with Gasteiger partial charge in [-0.3, -0.25) is 0 Å². The zero-order valence-corrected chi connectivity index (χ0v) is 33.8. The molecule has 10 heteroatoms. The molecule has 0 amide bonds. The third-order valence-electron chi connectivity index (χ3n) is 10.6. The molecule has 0 aliphatic rings. The van der Waals surface area contributed by atoms with Gasteiger partial charge in [0.25, 0.3) is 0 Å². The summed E-state index contributed by atoms with van der Waals surface area (Å²) in [7, 11) is 0. The highest BCUT2D eigenvalue weighted by molar-refractivity contribution is 5.40. The second kappa shape index (κ2) is 22.2. The van der Waals surface area contributed by atoms with Crippen molar-refractivity contribution in [3.05, 3.63) is 202 Å². The molecule has 0 aliphatic carbocycles. The maximum absolute atomic E-state index is 15.2. The van der Waals surface area contributed by atoms with Crippen molar-refractivity contribution in [3.63, 3.8) is 0 Å². The van der Waals surface area contributed by atoms with Gasteiger partial charge in [0.05, 0.1) is 32.5 Å². The average Bonchev–Trinajstić information content (AvgIpc) is 3.27. The molecule has 3 N–H and O–H groups in total. The summed E-state index contributed by atoms with van der Waals surface area (Å²) in [5.74, 6) is 0.283. The molecule has 60 heavy (non-hydrogen) atoms. The lowest BCUT2D eigenvalue weighted by atomic mass is 9.94. The molecule has 0 radical (unpaired) electrons. The van der Waals surface area contributed by atoms with Crippen LogP contribution in [0.15, 0.2) is 146 Å². The minimum absolute atomic E-state index is 0.0215. The van der Waals surface area contributed by atoms with Gasteiger partial charge < -0.3 is 39.0 Å². The summed E-state index contributed by atoms with van der Waals surface area (Å²) in [5.41, 5.74) is 5.61. The van der Waals surface area contributed by atoms with Crippen LogP contribution in [0.5, 0.6) is 11.5 Å². The van der Waals surface area contributed by atoms with Crippen LogP contribution < -0.4 is 9.47 Å². The normalized spacial score (nSPS) is 13.9. The number of rotatable bonds is 22. The lowest BCUT2D eigenvalue weighted by Crippen LogP contribution is -2.53. The molecule has 6 aromatic carbocycles. The van der Waals surface area contributed by atoms with Crippen LogP contribution in [0.25, 0.3) is 0 Å². The molecule has 0 spiro atoms. The van der Waals surface area contributed by atoms with Gasteiger partial charge in [0.2, 0.25) is 0 Å². The van der Waals surface area contributed by atoms with E-state index in [0.29, 0.717) is 24.7 Å². The highest BCUT2D eigenvalue weighted by atomic mass is 19.1. The van der Waals surface area contributed by atoms with Crippen molar-refractivity contribution in [2.24, 2.45) is 0 Å². The molecule has 5 atom stereocenters. The van der Waals surface area contributed by atoms with Crippen LogP contribution in [-0.2, 0) is 53.7 Å². The third kappa shape index (κ3) is 12.1. The summed E-state index contributed by atoms with van der Waals surface area (Å²) in [5, 5.41) is 34.4. The van der Waals surface area contributed by atoms with Crippen molar-refractivity contribution < 1.29 is 47.8 Å². The van der Waals surface area contributed by atoms with Crippen LogP contribution in [0.4, 0.5) is 8.78 Å². The van der Waals surface area contributed by atoms with Crippen molar-refractivity contribution in [1.29, 1.82) is 0 Å². The molecule has 0 bridgehead atoms. The predicted octanol–water partition coefficient (Wildman–Crippen LogP) is 8.75. The van der Waals surface area contributed by atoms with Crippen LogP contribution in [0.3, 0.4) is 0 Å². The van der Waals surface area contributed by atoms with Crippen LogP contribution in [-0.4, -0.2) is 52.4 Å². The number of hydrogen-bond donors (Lipinski definition) is 3. The predicted molar refractivity (Wildman–Crippen MR) is 225 cm³/mol. The van der Waals surface area contributed by atoms with E-state index in [-0.39, 0.29) is 37.4 Å². The number of benzene rings is 6. The van der Waals surface area contributed by atoms with E-state index in [0.717, 1.165) is 33.4 Å². The van der Waals surface area contributed by atoms with Gasteiger partial charge in [-0.05, 0) is 77.1 Å². The summed E-state index contributed by atoms with van der Waals surface area (Å²) >= 11 is 0. The van der Waals surface area contributed by atoms with Crippen LogP contribution in [0.1, 0.15) is 44.5 Å². The highest BCUT2D eigenvalue weighted by Crippen LogP contribution is 2.28. The Morgan fingerprint density at radius 3 is 1.40 bits per heavy atom. The summed E-state index contributed by atoms with van der Waals surface area (Å²) in [4.78, 5) is 0. The molecule has 314 valence electrons. The fourth-order valence-electron chi connectivity index (χ4n) is 6.86. The van der Waals surface area contributed by atoms with E-state index in [9.17, 15) is 19.7 Å². The molecule has 0 saturated heterocycles. The SMILES string of the molecule is Cc1c(CO[C@H](C(Cc2ccccc2F)OCc2ccccc2F)[C@@H](O)[C@H](O)[C@@H](CO)OCc2cccc(OCc3ccccc3)c2C)cccc1OCc1ccccc1. The Hall–Kier alpha value is -5.46. The number of hydrogen-bond acceptors (Lipinski definition) is 8. The molecule has 1 unspecified atom stereocenters. The number of halogens is 2. The van der Waals surface area contributed by atoms with Gasteiger partial charge in [-0.1, -0.05) is 121 Å². The molecule has 0 aliphatic heterocycles. The van der Waals surface area contributed by atoms with E-state index in [4.69, 9.17) is 23.7 Å². The van der Waals surface area contributed by atoms with Gasteiger partial charge >= 0.3 is 0 Å². The minimum Gasteiger partial charge on any atom is -0.489 e. The quantitative estimate of drug-likeness (QED) is 0.0625. The van der Waals surface area contributed by atoms with Crippen molar-refractivity contribution in [3.8, 4) is 11.5 Å². The van der Waals surface area contributed by atoms with Gasteiger partial charge in [-0.25, -0.2) is 8.78 Å². The largest absolute Gasteiger partial charge is 0.489 e. The Bertz CT molecular complexity index is 2220. The van der Waals surface area contributed by atoms with Crippen molar-refractivity contribution in [2.75, 3.05) is 6.61 Å². The Kier molecular flexibility index (Phi) is 16.3. The summed E-state index contributed by atoms with van der Waals surface area (Å²) in [6.45, 7) is 3.53. The van der Waals surface area contributed by atoms with Crippen molar-refractivity contribution >= 4 is 0 Å². The first-order valence-corrected chi connectivity index (χ1v) is 20.0. The molecule has 0 fully saturated rings. The number of aliphatic hydroxyl groups is 3. The molecule has 6 rings (SSSR count).